The lowest BCUT2D eigenvalue weighted by atomic mass is 9.79. The largest absolute Gasteiger partial charge is 0.388 e. The van der Waals surface area contributed by atoms with E-state index in [9.17, 15) is 15.2 Å². The summed E-state index contributed by atoms with van der Waals surface area (Å²) in [5.74, 6) is 1.09. The molecule has 19 heavy (non-hydrogen) atoms. The van der Waals surface area contributed by atoms with E-state index in [1.807, 2.05) is 0 Å². The van der Waals surface area contributed by atoms with Crippen LogP contribution < -0.4 is 5.32 Å². The van der Waals surface area contributed by atoms with E-state index in [1.165, 1.54) is 12.3 Å². The van der Waals surface area contributed by atoms with Crippen molar-refractivity contribution >= 4 is 11.5 Å². The van der Waals surface area contributed by atoms with Crippen molar-refractivity contribution in [2.75, 3.05) is 11.9 Å². The fourth-order valence-corrected chi connectivity index (χ4v) is 2.65. The molecule has 1 aliphatic carbocycles. The van der Waals surface area contributed by atoms with E-state index >= 15 is 0 Å². The molecule has 6 heteroatoms. The topological polar surface area (TPSA) is 88.3 Å². The van der Waals surface area contributed by atoms with Crippen molar-refractivity contribution in [3.63, 3.8) is 0 Å². The highest BCUT2D eigenvalue weighted by Crippen LogP contribution is 2.32. The molecule has 1 fully saturated rings. The second-order valence-electron chi connectivity index (χ2n) is 5.44. The molecule has 1 heterocycles. The van der Waals surface area contributed by atoms with Gasteiger partial charge >= 0.3 is 0 Å². The lowest BCUT2D eigenvalue weighted by Gasteiger charge is -2.35. The molecular formula is C13H19N3O3. The Morgan fingerprint density at radius 3 is 3.00 bits per heavy atom. The van der Waals surface area contributed by atoms with E-state index in [-0.39, 0.29) is 5.69 Å². The Kier molecular flexibility index (Phi) is 3.99. The van der Waals surface area contributed by atoms with Crippen LogP contribution in [-0.4, -0.2) is 27.2 Å². The minimum atomic E-state index is -0.693. The summed E-state index contributed by atoms with van der Waals surface area (Å²) in [5, 5.41) is 24.0. The average Bonchev–Trinajstić information content (AvgIpc) is 2.37. The minimum absolute atomic E-state index is 0.0319. The van der Waals surface area contributed by atoms with Crippen LogP contribution in [0.25, 0.3) is 0 Å². The third kappa shape index (κ3) is 3.64. The molecule has 2 N–H and O–H groups in total. The van der Waals surface area contributed by atoms with E-state index in [0.717, 1.165) is 25.7 Å². The van der Waals surface area contributed by atoms with Crippen LogP contribution in [0, 0.1) is 16.0 Å². The average molecular weight is 265 g/mol. The first kappa shape index (κ1) is 13.7. The number of hydrogen-bond donors (Lipinski definition) is 2. The van der Waals surface area contributed by atoms with Gasteiger partial charge in [-0.25, -0.2) is 4.98 Å². The van der Waals surface area contributed by atoms with Crippen molar-refractivity contribution in [2.45, 2.75) is 38.2 Å². The van der Waals surface area contributed by atoms with E-state index in [2.05, 4.69) is 17.2 Å². The Morgan fingerprint density at radius 2 is 2.42 bits per heavy atom. The normalized spacial score (nSPS) is 26.9. The highest BCUT2D eigenvalue weighted by molar-refractivity contribution is 5.40. The maximum atomic E-state index is 10.5. The Labute approximate surface area is 112 Å². The zero-order chi connectivity index (χ0) is 13.9. The van der Waals surface area contributed by atoms with Gasteiger partial charge in [0.15, 0.2) is 0 Å². The van der Waals surface area contributed by atoms with Crippen molar-refractivity contribution < 1.29 is 10.0 Å². The molecule has 0 aliphatic heterocycles. The number of hydrogen-bond acceptors (Lipinski definition) is 5. The molecule has 1 saturated carbocycles. The van der Waals surface area contributed by atoms with Crippen LogP contribution in [-0.2, 0) is 0 Å². The maximum Gasteiger partial charge on any atom is 0.287 e. The van der Waals surface area contributed by atoms with Crippen LogP contribution >= 0.6 is 0 Å². The molecule has 0 saturated heterocycles. The molecule has 104 valence electrons. The number of nitrogens with one attached hydrogen (secondary N) is 1. The van der Waals surface area contributed by atoms with Gasteiger partial charge in [-0.1, -0.05) is 19.8 Å². The fourth-order valence-electron chi connectivity index (χ4n) is 2.65. The molecule has 6 nitrogen and oxygen atoms in total. The summed E-state index contributed by atoms with van der Waals surface area (Å²) in [6.07, 6.45) is 4.99. The van der Waals surface area contributed by atoms with Gasteiger partial charge in [0, 0.05) is 12.6 Å². The molecule has 2 unspecified atom stereocenters. The zero-order valence-corrected chi connectivity index (χ0v) is 11.0. The molecule has 0 spiro atoms. The first-order chi connectivity index (χ1) is 8.98. The van der Waals surface area contributed by atoms with Crippen LogP contribution in [0.15, 0.2) is 18.3 Å². The van der Waals surface area contributed by atoms with E-state index < -0.39 is 10.5 Å². The number of rotatable bonds is 4. The quantitative estimate of drug-likeness (QED) is 0.644. The van der Waals surface area contributed by atoms with E-state index in [4.69, 9.17) is 0 Å². The van der Waals surface area contributed by atoms with Gasteiger partial charge in [-0.15, -0.1) is 0 Å². The van der Waals surface area contributed by atoms with E-state index in [0.29, 0.717) is 18.3 Å². The summed E-state index contributed by atoms with van der Waals surface area (Å²) >= 11 is 0. The molecule has 0 amide bonds. The Bertz CT molecular complexity index is 449. The summed E-state index contributed by atoms with van der Waals surface area (Å²) in [6.45, 7) is 2.58. The number of aromatic nitrogens is 1. The molecule has 1 aromatic heterocycles. The molecule has 1 aliphatic rings. The Hall–Kier alpha value is -1.69. The van der Waals surface area contributed by atoms with Gasteiger partial charge in [-0.2, -0.15) is 0 Å². The molecule has 2 rings (SSSR count). The van der Waals surface area contributed by atoms with Crippen molar-refractivity contribution in [2.24, 2.45) is 5.92 Å². The van der Waals surface area contributed by atoms with Gasteiger partial charge in [0.1, 0.15) is 12.0 Å². The van der Waals surface area contributed by atoms with Gasteiger partial charge in [0.25, 0.3) is 5.69 Å². The monoisotopic (exact) mass is 265 g/mol. The van der Waals surface area contributed by atoms with Gasteiger partial charge < -0.3 is 10.4 Å². The van der Waals surface area contributed by atoms with Crippen molar-refractivity contribution in [3.8, 4) is 0 Å². The first-order valence-electron chi connectivity index (χ1n) is 6.55. The van der Waals surface area contributed by atoms with Crippen LogP contribution in [0.3, 0.4) is 0 Å². The fraction of sp³-hybridized carbons (Fsp3) is 0.615. The van der Waals surface area contributed by atoms with Crippen molar-refractivity contribution in [1.82, 2.24) is 4.98 Å². The maximum absolute atomic E-state index is 10.5. The van der Waals surface area contributed by atoms with Crippen molar-refractivity contribution in [3.05, 3.63) is 28.4 Å². The summed E-state index contributed by atoms with van der Waals surface area (Å²) in [5.41, 5.74) is -0.725. The number of anilines is 1. The molecule has 1 aromatic rings. The van der Waals surface area contributed by atoms with Crippen LogP contribution in [0.1, 0.15) is 32.6 Å². The standard InChI is InChI=1S/C13H19N3O3/c1-10-3-2-6-13(17,7-10)9-15-12-5-4-11(8-14-12)16(18)19/h4-5,8,10,17H,2-3,6-7,9H2,1H3,(H,14,15). The summed E-state index contributed by atoms with van der Waals surface area (Å²) in [7, 11) is 0. The number of aliphatic hydroxyl groups is 1. The third-order valence-electron chi connectivity index (χ3n) is 3.62. The Morgan fingerprint density at radius 1 is 1.63 bits per heavy atom. The molecule has 2 atom stereocenters. The summed E-state index contributed by atoms with van der Waals surface area (Å²) < 4.78 is 0. The summed E-state index contributed by atoms with van der Waals surface area (Å²) in [4.78, 5) is 14.0. The van der Waals surface area contributed by atoms with Gasteiger partial charge in [-0.3, -0.25) is 10.1 Å². The van der Waals surface area contributed by atoms with Gasteiger partial charge in [0.05, 0.1) is 10.5 Å². The smallest absolute Gasteiger partial charge is 0.287 e. The molecule has 0 radical (unpaired) electrons. The predicted molar refractivity (Wildman–Crippen MR) is 72.0 cm³/mol. The van der Waals surface area contributed by atoms with Crippen LogP contribution in [0.2, 0.25) is 0 Å². The molecular weight excluding hydrogens is 246 g/mol. The highest BCUT2D eigenvalue weighted by atomic mass is 16.6. The zero-order valence-electron chi connectivity index (χ0n) is 11.0. The van der Waals surface area contributed by atoms with Gasteiger partial charge in [0.2, 0.25) is 0 Å². The second kappa shape index (κ2) is 5.52. The van der Waals surface area contributed by atoms with Crippen molar-refractivity contribution in [1.29, 1.82) is 0 Å². The number of pyridine rings is 1. The highest BCUT2D eigenvalue weighted by Gasteiger charge is 2.32. The number of nitro groups is 1. The van der Waals surface area contributed by atoms with Gasteiger partial charge in [-0.05, 0) is 24.8 Å². The minimum Gasteiger partial charge on any atom is -0.388 e. The first-order valence-corrected chi connectivity index (χ1v) is 6.55. The lowest BCUT2D eigenvalue weighted by molar-refractivity contribution is -0.385. The van der Waals surface area contributed by atoms with Crippen LogP contribution in [0.5, 0.6) is 0 Å². The second-order valence-corrected chi connectivity index (χ2v) is 5.44. The molecule has 0 aromatic carbocycles. The number of nitrogens with zero attached hydrogens (tertiary/aromatic N) is 2. The van der Waals surface area contributed by atoms with E-state index in [1.54, 1.807) is 6.07 Å². The predicted octanol–water partition coefficient (Wildman–Crippen LogP) is 2.34. The molecule has 0 bridgehead atoms. The SMILES string of the molecule is CC1CCCC(O)(CNc2ccc([N+](=O)[O-])cn2)C1. The Balaban J connectivity index is 1.92. The third-order valence-corrected chi connectivity index (χ3v) is 3.62. The summed E-state index contributed by atoms with van der Waals surface area (Å²) in [6, 6.07) is 2.97. The van der Waals surface area contributed by atoms with Crippen LogP contribution in [0.4, 0.5) is 11.5 Å². The lowest BCUT2D eigenvalue weighted by Crippen LogP contribution is -2.41.